The number of hydrogen-bond donors (Lipinski definition) is 2. The van der Waals surface area contributed by atoms with Gasteiger partial charge < -0.3 is 10.3 Å². The van der Waals surface area contributed by atoms with Crippen molar-refractivity contribution in [1.82, 2.24) is 4.98 Å². The Morgan fingerprint density at radius 1 is 1.17 bits per heavy atom. The lowest BCUT2D eigenvalue weighted by Crippen LogP contribution is -2.24. The molecule has 2 aromatic carbocycles. The fourth-order valence-corrected chi connectivity index (χ4v) is 2.78. The number of H-pyrrole nitrogens is 1. The minimum absolute atomic E-state index is 0.410. The largest absolute Gasteiger partial charge is 0.361 e. The second-order valence-electron chi connectivity index (χ2n) is 5.51. The van der Waals surface area contributed by atoms with Crippen LogP contribution < -0.4 is 5.32 Å². The first kappa shape index (κ1) is 15.0. The highest BCUT2D eigenvalue weighted by atomic mass is 16.1. The molecule has 0 unspecified atom stereocenters. The van der Waals surface area contributed by atoms with Gasteiger partial charge in [0.05, 0.1) is 6.04 Å². The molecular formula is C19H17N2O2. The van der Waals surface area contributed by atoms with E-state index in [0.717, 1.165) is 34.1 Å². The van der Waals surface area contributed by atoms with E-state index in [1.54, 1.807) is 6.07 Å². The SMILES string of the molecule is Cc1c(N[C@@H]([C]=O)Cc2ccccc2C=O)[nH]c2ccccc12. The van der Waals surface area contributed by atoms with Crippen molar-refractivity contribution in [2.24, 2.45) is 0 Å². The molecule has 1 atom stereocenters. The molecule has 1 aromatic heterocycles. The number of aldehydes is 1. The summed E-state index contributed by atoms with van der Waals surface area (Å²) in [4.78, 5) is 25.7. The van der Waals surface area contributed by atoms with Crippen LogP contribution in [0.15, 0.2) is 48.5 Å². The Bertz CT molecular complexity index is 851. The standard InChI is InChI=1S/C19H17N2O2/c1-13-17-8-4-5-9-18(17)21-19(13)20-16(12-23)10-14-6-2-3-7-15(14)11-22/h2-9,11,16,20-21H,10H2,1H3/t16-/m1/s1. The number of rotatable bonds is 6. The Labute approximate surface area is 134 Å². The molecule has 0 aliphatic heterocycles. The van der Waals surface area contributed by atoms with E-state index in [-0.39, 0.29) is 0 Å². The van der Waals surface area contributed by atoms with Crippen molar-refractivity contribution in [2.45, 2.75) is 19.4 Å². The van der Waals surface area contributed by atoms with Gasteiger partial charge in [-0.3, -0.25) is 9.59 Å². The fourth-order valence-electron chi connectivity index (χ4n) is 2.78. The summed E-state index contributed by atoms with van der Waals surface area (Å²) in [5, 5.41) is 4.31. The molecule has 0 saturated carbocycles. The zero-order valence-corrected chi connectivity index (χ0v) is 12.8. The van der Waals surface area contributed by atoms with Crippen molar-refractivity contribution < 1.29 is 9.59 Å². The molecule has 0 saturated heterocycles. The van der Waals surface area contributed by atoms with Gasteiger partial charge in [-0.15, -0.1) is 0 Å². The predicted octanol–water partition coefficient (Wildman–Crippen LogP) is 3.42. The number of para-hydroxylation sites is 1. The molecule has 0 aliphatic carbocycles. The molecule has 1 radical (unpaired) electrons. The summed E-state index contributed by atoms with van der Waals surface area (Å²) in [7, 11) is 0. The van der Waals surface area contributed by atoms with Crippen molar-refractivity contribution >= 4 is 29.3 Å². The molecule has 2 N–H and O–H groups in total. The van der Waals surface area contributed by atoms with Crippen LogP contribution in [0.3, 0.4) is 0 Å². The van der Waals surface area contributed by atoms with E-state index in [0.29, 0.717) is 12.0 Å². The summed E-state index contributed by atoms with van der Waals surface area (Å²) >= 11 is 0. The van der Waals surface area contributed by atoms with Gasteiger partial charge in [0.25, 0.3) is 0 Å². The van der Waals surface area contributed by atoms with Crippen LogP contribution in [0.1, 0.15) is 21.5 Å². The van der Waals surface area contributed by atoms with Gasteiger partial charge in [0.1, 0.15) is 12.1 Å². The van der Waals surface area contributed by atoms with E-state index in [9.17, 15) is 9.59 Å². The Kier molecular flexibility index (Phi) is 4.24. The Balaban J connectivity index is 1.85. The van der Waals surface area contributed by atoms with Crippen molar-refractivity contribution in [3.63, 3.8) is 0 Å². The van der Waals surface area contributed by atoms with Crippen LogP contribution in [-0.4, -0.2) is 23.6 Å². The number of benzene rings is 2. The van der Waals surface area contributed by atoms with Crippen molar-refractivity contribution in [1.29, 1.82) is 0 Å². The molecule has 0 bridgehead atoms. The number of aryl methyl sites for hydroxylation is 1. The van der Waals surface area contributed by atoms with Crippen molar-refractivity contribution in [2.75, 3.05) is 5.32 Å². The average molecular weight is 305 g/mol. The summed E-state index contributed by atoms with van der Waals surface area (Å²) < 4.78 is 0. The molecule has 4 heteroatoms. The number of aromatic amines is 1. The lowest BCUT2D eigenvalue weighted by Gasteiger charge is -2.14. The van der Waals surface area contributed by atoms with E-state index in [4.69, 9.17) is 0 Å². The second kappa shape index (κ2) is 6.48. The number of hydrogen-bond acceptors (Lipinski definition) is 3. The lowest BCUT2D eigenvalue weighted by molar-refractivity contribution is 0.112. The van der Waals surface area contributed by atoms with Crippen LogP contribution >= 0.6 is 0 Å². The topological polar surface area (TPSA) is 62.0 Å². The highest BCUT2D eigenvalue weighted by molar-refractivity contribution is 5.89. The molecule has 3 aromatic rings. The van der Waals surface area contributed by atoms with Gasteiger partial charge in [0, 0.05) is 22.9 Å². The third-order valence-corrected chi connectivity index (χ3v) is 4.03. The molecule has 115 valence electrons. The molecule has 3 rings (SSSR count). The smallest absolute Gasteiger partial charge is 0.223 e. The third-order valence-electron chi connectivity index (χ3n) is 4.03. The number of aromatic nitrogens is 1. The van der Waals surface area contributed by atoms with E-state index in [1.165, 1.54) is 0 Å². The molecule has 0 amide bonds. The van der Waals surface area contributed by atoms with Crippen molar-refractivity contribution in [3.05, 3.63) is 65.2 Å². The second-order valence-corrected chi connectivity index (χ2v) is 5.51. The van der Waals surface area contributed by atoms with E-state index in [2.05, 4.69) is 10.3 Å². The van der Waals surface area contributed by atoms with Gasteiger partial charge in [-0.1, -0.05) is 42.5 Å². The Hall–Kier alpha value is -2.88. The molecule has 0 aliphatic rings. The average Bonchev–Trinajstić information content (AvgIpc) is 2.91. The number of nitrogens with one attached hydrogen (secondary N) is 2. The fraction of sp³-hybridized carbons (Fsp3) is 0.158. The zero-order valence-electron chi connectivity index (χ0n) is 12.8. The van der Waals surface area contributed by atoms with Crippen LogP contribution in [0.4, 0.5) is 5.82 Å². The first-order valence-electron chi connectivity index (χ1n) is 7.47. The van der Waals surface area contributed by atoms with E-state index < -0.39 is 6.04 Å². The number of carbonyl (C=O) groups is 1. The zero-order chi connectivity index (χ0) is 16.2. The van der Waals surface area contributed by atoms with Gasteiger partial charge in [-0.05, 0) is 24.1 Å². The molecule has 4 nitrogen and oxygen atoms in total. The minimum Gasteiger partial charge on any atom is -0.361 e. The first-order chi connectivity index (χ1) is 11.2. The number of anilines is 1. The van der Waals surface area contributed by atoms with Crippen LogP contribution in [-0.2, 0) is 11.2 Å². The van der Waals surface area contributed by atoms with Gasteiger partial charge in [-0.2, -0.15) is 0 Å². The van der Waals surface area contributed by atoms with E-state index >= 15 is 0 Å². The maximum atomic E-state index is 11.4. The molecule has 1 heterocycles. The van der Waals surface area contributed by atoms with Crippen LogP contribution in [0, 0.1) is 6.92 Å². The summed E-state index contributed by atoms with van der Waals surface area (Å²) in [6.07, 6.45) is 3.25. The summed E-state index contributed by atoms with van der Waals surface area (Å²) in [6.45, 7) is 2.00. The summed E-state index contributed by atoms with van der Waals surface area (Å²) in [5.74, 6) is 0.808. The predicted molar refractivity (Wildman–Crippen MR) is 91.7 cm³/mol. The van der Waals surface area contributed by atoms with Crippen LogP contribution in [0.25, 0.3) is 10.9 Å². The summed E-state index contributed by atoms with van der Waals surface area (Å²) in [5.41, 5.74) is 3.51. The third kappa shape index (κ3) is 3.01. The number of fused-ring (bicyclic) bond motifs is 1. The molecular weight excluding hydrogens is 288 g/mol. The maximum Gasteiger partial charge on any atom is 0.223 e. The van der Waals surface area contributed by atoms with Crippen LogP contribution in [0.2, 0.25) is 0 Å². The maximum absolute atomic E-state index is 11.4. The van der Waals surface area contributed by atoms with Gasteiger partial charge in [0.15, 0.2) is 0 Å². The first-order valence-corrected chi connectivity index (χ1v) is 7.47. The highest BCUT2D eigenvalue weighted by Gasteiger charge is 2.15. The van der Waals surface area contributed by atoms with Gasteiger partial charge >= 0.3 is 0 Å². The van der Waals surface area contributed by atoms with Gasteiger partial charge in [-0.25, -0.2) is 0 Å². The Morgan fingerprint density at radius 3 is 2.65 bits per heavy atom. The summed E-state index contributed by atoms with van der Waals surface area (Å²) in [6, 6.07) is 14.7. The number of carbonyl (C=O) groups excluding carboxylic acids is 2. The monoisotopic (exact) mass is 305 g/mol. The lowest BCUT2D eigenvalue weighted by atomic mass is 10.0. The van der Waals surface area contributed by atoms with Crippen molar-refractivity contribution in [3.8, 4) is 0 Å². The van der Waals surface area contributed by atoms with E-state index in [1.807, 2.05) is 55.7 Å². The van der Waals surface area contributed by atoms with Gasteiger partial charge in [0.2, 0.25) is 6.29 Å². The Morgan fingerprint density at radius 2 is 1.91 bits per heavy atom. The minimum atomic E-state index is -0.525. The molecule has 0 fully saturated rings. The normalized spacial score (nSPS) is 12.0. The molecule has 23 heavy (non-hydrogen) atoms. The van der Waals surface area contributed by atoms with Crippen LogP contribution in [0.5, 0.6) is 0 Å². The highest BCUT2D eigenvalue weighted by Crippen LogP contribution is 2.25. The molecule has 0 spiro atoms. The quantitative estimate of drug-likeness (QED) is 0.686.